The van der Waals surface area contributed by atoms with Crippen LogP contribution in [0.5, 0.6) is 0 Å². The van der Waals surface area contributed by atoms with Crippen molar-refractivity contribution in [1.82, 2.24) is 5.32 Å². The van der Waals surface area contributed by atoms with Crippen LogP contribution in [0.1, 0.15) is 34.1 Å². The molecule has 0 rings (SSSR count). The first-order valence-corrected chi connectivity index (χ1v) is 4.23. The summed E-state index contributed by atoms with van der Waals surface area (Å²) >= 11 is 4.58. The van der Waals surface area contributed by atoms with Gasteiger partial charge in [0.25, 0.3) is 0 Å². The lowest BCUT2D eigenvalue weighted by Crippen LogP contribution is -2.52. The van der Waals surface area contributed by atoms with E-state index in [1.165, 1.54) is 0 Å². The summed E-state index contributed by atoms with van der Waals surface area (Å²) in [6.07, 6.45) is 1.07. The summed E-state index contributed by atoms with van der Waals surface area (Å²) in [5.74, 6) is 0. The molecule has 0 saturated heterocycles. The Bertz CT molecular complexity index is 93.8. The van der Waals surface area contributed by atoms with Crippen LogP contribution in [0.4, 0.5) is 0 Å². The smallest absolute Gasteiger partial charge is 0.0275 e. The highest BCUT2D eigenvalue weighted by Crippen LogP contribution is 2.30. The normalized spacial score (nSPS) is 18.6. The molecule has 0 aromatic heterocycles. The van der Waals surface area contributed by atoms with Gasteiger partial charge in [-0.25, -0.2) is 0 Å². The van der Waals surface area contributed by atoms with Crippen LogP contribution < -0.4 is 5.32 Å². The SMILES string of the molecule is CCC(C)(S)C(C)(C)NC. The van der Waals surface area contributed by atoms with E-state index in [1.54, 1.807) is 0 Å². The Morgan fingerprint density at radius 2 is 1.70 bits per heavy atom. The van der Waals surface area contributed by atoms with Gasteiger partial charge in [-0.15, -0.1) is 0 Å². The number of thiol groups is 1. The third kappa shape index (κ3) is 1.89. The van der Waals surface area contributed by atoms with Gasteiger partial charge in [0.05, 0.1) is 0 Å². The predicted molar refractivity (Wildman–Crippen MR) is 50.8 cm³/mol. The van der Waals surface area contributed by atoms with Crippen LogP contribution in [0.15, 0.2) is 0 Å². The lowest BCUT2D eigenvalue weighted by molar-refractivity contribution is 0.319. The molecule has 0 radical (unpaired) electrons. The second-order valence-corrected chi connectivity index (χ2v) is 4.49. The molecule has 0 spiro atoms. The molecule has 1 unspecified atom stereocenters. The fourth-order valence-electron chi connectivity index (χ4n) is 0.711. The number of hydrogen-bond acceptors (Lipinski definition) is 2. The fraction of sp³-hybridized carbons (Fsp3) is 1.00. The van der Waals surface area contributed by atoms with E-state index in [4.69, 9.17) is 0 Å². The highest BCUT2D eigenvalue weighted by atomic mass is 32.1. The first kappa shape index (κ1) is 10.3. The molecule has 10 heavy (non-hydrogen) atoms. The van der Waals surface area contributed by atoms with E-state index in [1.807, 2.05) is 7.05 Å². The van der Waals surface area contributed by atoms with Gasteiger partial charge < -0.3 is 5.32 Å². The molecule has 62 valence electrons. The molecule has 1 N–H and O–H groups in total. The van der Waals surface area contributed by atoms with E-state index in [9.17, 15) is 0 Å². The van der Waals surface area contributed by atoms with Crippen LogP contribution in [0.25, 0.3) is 0 Å². The van der Waals surface area contributed by atoms with Gasteiger partial charge in [0.2, 0.25) is 0 Å². The summed E-state index contributed by atoms with van der Waals surface area (Å²) in [6.45, 7) is 8.66. The minimum Gasteiger partial charge on any atom is -0.313 e. The van der Waals surface area contributed by atoms with Crippen LogP contribution in [0.3, 0.4) is 0 Å². The van der Waals surface area contributed by atoms with Crippen molar-refractivity contribution in [3.05, 3.63) is 0 Å². The molecule has 0 fully saturated rings. The second-order valence-electron chi connectivity index (χ2n) is 3.50. The maximum absolute atomic E-state index is 4.58. The summed E-state index contributed by atoms with van der Waals surface area (Å²) in [7, 11) is 1.98. The van der Waals surface area contributed by atoms with Crippen LogP contribution in [0.2, 0.25) is 0 Å². The first-order chi connectivity index (χ1) is 4.37. The maximum atomic E-state index is 4.58. The standard InChI is InChI=1S/C8H19NS/c1-6-8(4,10)7(2,3)9-5/h9-10H,6H2,1-5H3. The van der Waals surface area contributed by atoms with E-state index >= 15 is 0 Å². The predicted octanol–water partition coefficient (Wildman–Crippen LogP) is 2.08. The van der Waals surface area contributed by atoms with Crippen LogP contribution >= 0.6 is 12.6 Å². The van der Waals surface area contributed by atoms with Crippen molar-refractivity contribution in [3.8, 4) is 0 Å². The van der Waals surface area contributed by atoms with Crippen molar-refractivity contribution in [2.45, 2.75) is 44.4 Å². The summed E-state index contributed by atoms with van der Waals surface area (Å²) in [4.78, 5) is 0. The van der Waals surface area contributed by atoms with E-state index < -0.39 is 0 Å². The molecule has 1 nitrogen and oxygen atoms in total. The fourth-order valence-corrected chi connectivity index (χ4v) is 0.823. The lowest BCUT2D eigenvalue weighted by atomic mass is 9.86. The van der Waals surface area contributed by atoms with Gasteiger partial charge in [-0.05, 0) is 34.2 Å². The molecule has 0 saturated carbocycles. The topological polar surface area (TPSA) is 12.0 Å². The first-order valence-electron chi connectivity index (χ1n) is 3.78. The Morgan fingerprint density at radius 1 is 1.30 bits per heavy atom. The maximum Gasteiger partial charge on any atom is 0.0275 e. The van der Waals surface area contributed by atoms with Gasteiger partial charge in [0.15, 0.2) is 0 Å². The molecule has 1 atom stereocenters. The summed E-state index contributed by atoms with van der Waals surface area (Å²) < 4.78 is 0.0712. The van der Waals surface area contributed by atoms with Crippen molar-refractivity contribution in [2.75, 3.05) is 7.05 Å². The number of nitrogens with one attached hydrogen (secondary N) is 1. The average molecular weight is 161 g/mol. The number of rotatable bonds is 3. The highest BCUT2D eigenvalue weighted by Gasteiger charge is 2.34. The van der Waals surface area contributed by atoms with E-state index in [-0.39, 0.29) is 10.3 Å². The summed E-state index contributed by atoms with van der Waals surface area (Å²) in [5, 5.41) is 3.26. The average Bonchev–Trinajstić information content (AvgIpc) is 1.88. The molecule has 0 aromatic rings. The zero-order valence-corrected chi connectivity index (χ0v) is 8.55. The zero-order chi connectivity index (χ0) is 8.41. The van der Waals surface area contributed by atoms with Gasteiger partial charge in [-0.3, -0.25) is 0 Å². The minimum atomic E-state index is 0.0712. The molecule has 0 aromatic carbocycles. The summed E-state index contributed by atoms with van der Waals surface area (Å²) in [6, 6.07) is 0. The largest absolute Gasteiger partial charge is 0.313 e. The van der Waals surface area contributed by atoms with Crippen molar-refractivity contribution in [2.24, 2.45) is 0 Å². The molecule has 0 aliphatic carbocycles. The van der Waals surface area contributed by atoms with Gasteiger partial charge in [0.1, 0.15) is 0 Å². The van der Waals surface area contributed by atoms with Crippen molar-refractivity contribution in [1.29, 1.82) is 0 Å². The van der Waals surface area contributed by atoms with E-state index in [0.29, 0.717) is 0 Å². The minimum absolute atomic E-state index is 0.0712. The Morgan fingerprint density at radius 3 is 1.80 bits per heavy atom. The second kappa shape index (κ2) is 3.14. The van der Waals surface area contributed by atoms with Crippen molar-refractivity contribution in [3.63, 3.8) is 0 Å². The Hall–Kier alpha value is 0.310. The third-order valence-electron chi connectivity index (χ3n) is 2.66. The van der Waals surface area contributed by atoms with Gasteiger partial charge in [-0.2, -0.15) is 12.6 Å². The van der Waals surface area contributed by atoms with E-state index in [2.05, 4.69) is 45.6 Å². The van der Waals surface area contributed by atoms with E-state index in [0.717, 1.165) is 6.42 Å². The molecule has 0 aliphatic heterocycles. The molecule has 0 amide bonds. The zero-order valence-electron chi connectivity index (χ0n) is 7.65. The molecule has 0 aliphatic rings. The third-order valence-corrected chi connectivity index (χ3v) is 3.54. The lowest BCUT2D eigenvalue weighted by Gasteiger charge is -2.40. The number of hydrogen-bond donors (Lipinski definition) is 2. The Labute approximate surface area is 70.0 Å². The molecular formula is C8H19NS. The van der Waals surface area contributed by atoms with Crippen LogP contribution in [-0.4, -0.2) is 17.3 Å². The van der Waals surface area contributed by atoms with Gasteiger partial charge in [0, 0.05) is 10.3 Å². The summed E-state index contributed by atoms with van der Waals surface area (Å²) in [5.41, 5.74) is 0.102. The Balaban J connectivity index is 4.28. The van der Waals surface area contributed by atoms with Crippen molar-refractivity contribution >= 4 is 12.6 Å². The monoisotopic (exact) mass is 161 g/mol. The van der Waals surface area contributed by atoms with Gasteiger partial charge >= 0.3 is 0 Å². The molecule has 2 heteroatoms. The molecular weight excluding hydrogens is 142 g/mol. The van der Waals surface area contributed by atoms with Crippen molar-refractivity contribution < 1.29 is 0 Å². The Kier molecular flexibility index (Phi) is 3.24. The van der Waals surface area contributed by atoms with Gasteiger partial charge in [-0.1, -0.05) is 6.92 Å². The molecule has 0 bridgehead atoms. The highest BCUT2D eigenvalue weighted by molar-refractivity contribution is 7.81. The quantitative estimate of drug-likeness (QED) is 0.604. The van der Waals surface area contributed by atoms with Crippen LogP contribution in [-0.2, 0) is 0 Å². The molecule has 0 heterocycles. The van der Waals surface area contributed by atoms with Crippen LogP contribution in [0, 0.1) is 0 Å².